The molecule has 10 heteroatoms. The van der Waals surface area contributed by atoms with E-state index >= 15 is 0 Å². The Labute approximate surface area is 155 Å². The van der Waals surface area contributed by atoms with Crippen LogP contribution in [0, 0.1) is 0 Å². The van der Waals surface area contributed by atoms with Crippen LogP contribution in [0.4, 0.5) is 5.82 Å². The lowest BCUT2D eigenvalue weighted by Crippen LogP contribution is -2.46. The Morgan fingerprint density at radius 2 is 1.78 bits per heavy atom. The van der Waals surface area contributed by atoms with Crippen LogP contribution in [0.25, 0.3) is 5.69 Å². The number of amides is 2. The molecular weight excluding hydrogens is 372 g/mol. The Kier molecular flexibility index (Phi) is 4.44. The summed E-state index contributed by atoms with van der Waals surface area (Å²) in [6, 6.07) is 9.03. The number of hydrogen-bond acceptors (Lipinski definition) is 6. The topological polar surface area (TPSA) is 111 Å². The highest BCUT2D eigenvalue weighted by atomic mass is 32.2. The first-order valence-electron chi connectivity index (χ1n) is 8.49. The number of anilines is 1. The van der Waals surface area contributed by atoms with Gasteiger partial charge in [-0.25, -0.2) is 13.1 Å². The van der Waals surface area contributed by atoms with Crippen LogP contribution in [0.2, 0.25) is 0 Å². The third kappa shape index (κ3) is 3.45. The molecule has 1 fully saturated rings. The molecule has 1 N–H and O–H groups in total. The summed E-state index contributed by atoms with van der Waals surface area (Å²) in [6.45, 7) is 1.45. The monoisotopic (exact) mass is 390 g/mol. The summed E-state index contributed by atoms with van der Waals surface area (Å²) in [4.78, 5) is 26.3. The minimum absolute atomic E-state index is 0.178. The number of benzene rings is 1. The quantitative estimate of drug-likeness (QED) is 0.728. The highest BCUT2D eigenvalue weighted by molar-refractivity contribution is 7.90. The van der Waals surface area contributed by atoms with E-state index in [1.807, 2.05) is 18.2 Å². The van der Waals surface area contributed by atoms with Gasteiger partial charge in [0.05, 0.1) is 36.1 Å². The lowest BCUT2D eigenvalue weighted by atomic mass is 10.2. The van der Waals surface area contributed by atoms with Crippen molar-refractivity contribution in [2.75, 3.05) is 31.6 Å². The fourth-order valence-electron chi connectivity index (χ4n) is 3.20. The predicted molar refractivity (Wildman–Crippen MR) is 95.9 cm³/mol. The molecule has 0 atom stereocenters. The number of aromatic nitrogens is 2. The fraction of sp³-hybridized carbons (Fsp3) is 0.353. The van der Waals surface area contributed by atoms with Gasteiger partial charge in [-0.05, 0) is 12.1 Å². The van der Waals surface area contributed by atoms with Gasteiger partial charge < -0.3 is 15.0 Å². The van der Waals surface area contributed by atoms with Gasteiger partial charge in [0.15, 0.2) is 9.84 Å². The van der Waals surface area contributed by atoms with Gasteiger partial charge in [0.2, 0.25) is 0 Å². The molecule has 4 rings (SSSR count). The number of nitrogens with zero attached hydrogens (tertiary/aromatic N) is 3. The van der Waals surface area contributed by atoms with E-state index in [9.17, 15) is 18.0 Å². The molecule has 2 aliphatic heterocycles. The second kappa shape index (κ2) is 6.78. The van der Waals surface area contributed by atoms with Gasteiger partial charge in [-0.1, -0.05) is 18.2 Å². The SMILES string of the molecule is O=C(Nc1c2c(nn1-c1ccccc1)CS(=O)(=O)C2)C(=O)N1CCOCC1. The Morgan fingerprint density at radius 1 is 1.07 bits per heavy atom. The molecule has 2 aromatic rings. The predicted octanol–water partition coefficient (Wildman–Crippen LogP) is 0.0980. The summed E-state index contributed by atoms with van der Waals surface area (Å²) >= 11 is 0. The van der Waals surface area contributed by atoms with Crippen molar-refractivity contribution >= 4 is 27.5 Å². The summed E-state index contributed by atoms with van der Waals surface area (Å²) in [5.74, 6) is -1.66. The van der Waals surface area contributed by atoms with Crippen LogP contribution in [0.5, 0.6) is 0 Å². The molecule has 27 heavy (non-hydrogen) atoms. The first-order valence-corrected chi connectivity index (χ1v) is 10.3. The lowest BCUT2D eigenvalue weighted by molar-refractivity contribution is -0.145. The maximum Gasteiger partial charge on any atom is 0.315 e. The third-order valence-corrected chi connectivity index (χ3v) is 5.95. The molecule has 3 heterocycles. The van der Waals surface area contributed by atoms with Crippen LogP contribution in [0.1, 0.15) is 11.3 Å². The largest absolute Gasteiger partial charge is 0.378 e. The van der Waals surface area contributed by atoms with Crippen molar-refractivity contribution in [3.63, 3.8) is 0 Å². The van der Waals surface area contributed by atoms with Crippen molar-refractivity contribution in [2.45, 2.75) is 11.5 Å². The first kappa shape index (κ1) is 17.7. The molecule has 0 saturated carbocycles. The number of carbonyl (C=O) groups is 2. The molecule has 0 radical (unpaired) electrons. The molecule has 0 unspecified atom stereocenters. The molecule has 0 spiro atoms. The van der Waals surface area contributed by atoms with Gasteiger partial charge in [0.25, 0.3) is 0 Å². The molecule has 2 amide bonds. The van der Waals surface area contributed by atoms with E-state index in [1.165, 1.54) is 9.58 Å². The van der Waals surface area contributed by atoms with Crippen LogP contribution in [-0.2, 0) is 35.7 Å². The second-order valence-corrected chi connectivity index (χ2v) is 8.48. The van der Waals surface area contributed by atoms with Crippen LogP contribution >= 0.6 is 0 Å². The zero-order valence-electron chi connectivity index (χ0n) is 14.4. The van der Waals surface area contributed by atoms with E-state index in [0.717, 1.165) is 0 Å². The summed E-state index contributed by atoms with van der Waals surface area (Å²) in [5.41, 5.74) is 1.49. The number of fused-ring (bicyclic) bond motifs is 1. The number of rotatable bonds is 2. The van der Waals surface area contributed by atoms with Crippen molar-refractivity contribution in [2.24, 2.45) is 0 Å². The number of carbonyl (C=O) groups excluding carboxylic acids is 2. The Morgan fingerprint density at radius 3 is 2.48 bits per heavy atom. The molecule has 1 saturated heterocycles. The summed E-state index contributed by atoms with van der Waals surface area (Å²) in [6.07, 6.45) is 0. The third-order valence-electron chi connectivity index (χ3n) is 4.51. The van der Waals surface area contributed by atoms with E-state index < -0.39 is 21.7 Å². The van der Waals surface area contributed by atoms with Crippen molar-refractivity contribution in [3.8, 4) is 5.69 Å². The zero-order chi connectivity index (χ0) is 19.0. The molecule has 0 aliphatic carbocycles. The number of morpholine rings is 1. The number of ether oxygens (including phenoxy) is 1. The van der Waals surface area contributed by atoms with Gasteiger partial charge >= 0.3 is 11.8 Å². The highest BCUT2D eigenvalue weighted by Crippen LogP contribution is 2.32. The smallest absolute Gasteiger partial charge is 0.315 e. The molecule has 1 aromatic carbocycles. The normalized spacial score (nSPS) is 18.1. The molecule has 2 aliphatic rings. The Balaban J connectivity index is 1.67. The molecular formula is C17H18N4O5S. The number of para-hydroxylation sites is 1. The zero-order valence-corrected chi connectivity index (χ0v) is 15.2. The summed E-state index contributed by atoms with van der Waals surface area (Å²) < 4.78 is 30.6. The average Bonchev–Trinajstić information content (AvgIpc) is 3.15. The van der Waals surface area contributed by atoms with Crippen molar-refractivity contribution in [1.29, 1.82) is 0 Å². The van der Waals surface area contributed by atoms with Crippen LogP contribution in [0.3, 0.4) is 0 Å². The summed E-state index contributed by atoms with van der Waals surface area (Å²) in [5, 5.41) is 6.95. The van der Waals surface area contributed by atoms with Gasteiger partial charge in [-0.2, -0.15) is 5.10 Å². The van der Waals surface area contributed by atoms with Crippen LogP contribution < -0.4 is 5.32 Å². The highest BCUT2D eigenvalue weighted by Gasteiger charge is 2.34. The maximum absolute atomic E-state index is 12.5. The van der Waals surface area contributed by atoms with Crippen LogP contribution in [-0.4, -0.2) is 61.2 Å². The Hall–Kier alpha value is -2.72. The van der Waals surface area contributed by atoms with E-state index in [2.05, 4.69) is 10.4 Å². The van der Waals surface area contributed by atoms with Crippen LogP contribution in [0.15, 0.2) is 30.3 Å². The molecule has 1 aromatic heterocycles. The number of nitrogens with one attached hydrogen (secondary N) is 1. The standard InChI is InChI=1S/C17H18N4O5S/c22-16(17(23)20-6-8-26-9-7-20)18-15-13-10-27(24,25)11-14(13)19-21(15)12-4-2-1-3-5-12/h1-5H,6-11H2,(H,18,22). The van der Waals surface area contributed by atoms with Gasteiger partial charge in [-0.15, -0.1) is 0 Å². The van der Waals surface area contributed by atoms with Gasteiger partial charge in [-0.3, -0.25) is 9.59 Å². The fourth-order valence-corrected chi connectivity index (χ4v) is 4.69. The number of hydrogen-bond donors (Lipinski definition) is 1. The maximum atomic E-state index is 12.5. The molecule has 0 bridgehead atoms. The summed E-state index contributed by atoms with van der Waals surface area (Å²) in [7, 11) is -3.30. The van der Waals surface area contributed by atoms with E-state index in [4.69, 9.17) is 4.74 Å². The Bertz CT molecular complexity index is 994. The minimum Gasteiger partial charge on any atom is -0.378 e. The molecule has 142 valence electrons. The first-order chi connectivity index (χ1) is 12.9. The average molecular weight is 390 g/mol. The molecule has 9 nitrogen and oxygen atoms in total. The van der Waals surface area contributed by atoms with E-state index in [-0.39, 0.29) is 17.3 Å². The minimum atomic E-state index is -3.30. The van der Waals surface area contributed by atoms with E-state index in [1.54, 1.807) is 12.1 Å². The second-order valence-electron chi connectivity index (χ2n) is 6.41. The number of sulfone groups is 1. The lowest BCUT2D eigenvalue weighted by Gasteiger charge is -2.26. The van der Waals surface area contributed by atoms with Gasteiger partial charge in [0.1, 0.15) is 5.82 Å². The van der Waals surface area contributed by atoms with Crippen molar-refractivity contribution < 1.29 is 22.7 Å². The van der Waals surface area contributed by atoms with E-state index in [0.29, 0.717) is 43.2 Å². The van der Waals surface area contributed by atoms with Crippen molar-refractivity contribution in [1.82, 2.24) is 14.7 Å². The van der Waals surface area contributed by atoms with Gasteiger partial charge in [0, 0.05) is 18.7 Å². The van der Waals surface area contributed by atoms with Crippen molar-refractivity contribution in [3.05, 3.63) is 41.6 Å².